The molecule has 4 rings (SSSR count). The third-order valence-electron chi connectivity index (χ3n) is 5.52. The highest BCUT2D eigenvalue weighted by atomic mass is 19.2. The Morgan fingerprint density at radius 1 is 0.966 bits per heavy atom. The van der Waals surface area contributed by atoms with Crippen LogP contribution in [0.25, 0.3) is 10.9 Å². The standard InChI is InChI=1S/C23H23F2N3O/c1-14-12-22(28-21-5-3-2-4-18(14)21)26-16-7-9-17(10-8-16)27-23(29)15-6-11-19(24)20(25)13-15/h2-6,11-13,16-17H,7-10H2,1H3,(H,26,28)(H,27,29)/t16-,17+. The molecule has 0 atom stereocenters. The number of hydrogen-bond donors (Lipinski definition) is 2. The van der Waals surface area contributed by atoms with Gasteiger partial charge in [0.05, 0.1) is 5.52 Å². The maximum absolute atomic E-state index is 13.3. The van der Waals surface area contributed by atoms with Crippen LogP contribution in [0.1, 0.15) is 41.6 Å². The number of carbonyl (C=O) groups excluding carboxylic acids is 1. The number of nitrogens with one attached hydrogen (secondary N) is 2. The lowest BCUT2D eigenvalue weighted by Crippen LogP contribution is -2.40. The van der Waals surface area contributed by atoms with Gasteiger partial charge < -0.3 is 10.6 Å². The second-order valence-electron chi connectivity index (χ2n) is 7.64. The van der Waals surface area contributed by atoms with E-state index in [1.54, 1.807) is 0 Å². The number of para-hydroxylation sites is 1. The van der Waals surface area contributed by atoms with E-state index in [-0.39, 0.29) is 17.5 Å². The van der Waals surface area contributed by atoms with Gasteiger partial charge in [-0.1, -0.05) is 18.2 Å². The van der Waals surface area contributed by atoms with E-state index in [0.717, 1.165) is 54.5 Å². The molecule has 0 aliphatic heterocycles. The zero-order chi connectivity index (χ0) is 20.4. The molecular weight excluding hydrogens is 372 g/mol. The van der Waals surface area contributed by atoms with E-state index in [9.17, 15) is 13.6 Å². The summed E-state index contributed by atoms with van der Waals surface area (Å²) >= 11 is 0. The summed E-state index contributed by atoms with van der Waals surface area (Å²) in [6, 6.07) is 13.7. The van der Waals surface area contributed by atoms with Gasteiger partial charge in [-0.3, -0.25) is 4.79 Å². The van der Waals surface area contributed by atoms with Gasteiger partial charge >= 0.3 is 0 Å². The molecule has 1 saturated carbocycles. The van der Waals surface area contributed by atoms with Crippen molar-refractivity contribution < 1.29 is 13.6 Å². The summed E-state index contributed by atoms with van der Waals surface area (Å²) in [5.41, 5.74) is 2.30. The van der Waals surface area contributed by atoms with Crippen LogP contribution in [-0.2, 0) is 0 Å². The largest absolute Gasteiger partial charge is 0.367 e. The fraction of sp³-hybridized carbons (Fsp3) is 0.304. The molecule has 1 amide bonds. The van der Waals surface area contributed by atoms with Gasteiger partial charge in [0, 0.05) is 23.0 Å². The zero-order valence-corrected chi connectivity index (χ0v) is 16.2. The van der Waals surface area contributed by atoms with Crippen LogP contribution >= 0.6 is 0 Å². The van der Waals surface area contributed by atoms with E-state index in [1.807, 2.05) is 18.2 Å². The van der Waals surface area contributed by atoms with E-state index < -0.39 is 11.6 Å². The van der Waals surface area contributed by atoms with Crippen LogP contribution in [0.5, 0.6) is 0 Å². The molecule has 1 aliphatic rings. The number of amides is 1. The molecule has 0 saturated heterocycles. The molecule has 1 aromatic heterocycles. The SMILES string of the molecule is Cc1cc(N[C@H]2CC[C@@H](NC(=O)c3ccc(F)c(F)c3)CC2)nc2ccccc12. The molecule has 0 spiro atoms. The predicted molar refractivity (Wildman–Crippen MR) is 110 cm³/mol. The first kappa shape index (κ1) is 19.3. The van der Waals surface area contributed by atoms with E-state index in [1.165, 1.54) is 11.6 Å². The number of aromatic nitrogens is 1. The third kappa shape index (κ3) is 4.36. The molecule has 3 aromatic rings. The highest BCUT2D eigenvalue weighted by Gasteiger charge is 2.23. The first-order valence-electron chi connectivity index (χ1n) is 9.88. The van der Waals surface area contributed by atoms with Gasteiger partial charge in [0.1, 0.15) is 5.82 Å². The van der Waals surface area contributed by atoms with Crippen LogP contribution in [0.4, 0.5) is 14.6 Å². The van der Waals surface area contributed by atoms with E-state index >= 15 is 0 Å². The first-order valence-corrected chi connectivity index (χ1v) is 9.88. The second kappa shape index (κ2) is 8.15. The predicted octanol–water partition coefficient (Wildman–Crippen LogP) is 4.97. The van der Waals surface area contributed by atoms with Crippen LogP contribution in [-0.4, -0.2) is 23.0 Å². The summed E-state index contributed by atoms with van der Waals surface area (Å²) in [6.45, 7) is 2.08. The summed E-state index contributed by atoms with van der Waals surface area (Å²) in [4.78, 5) is 17.0. The molecule has 29 heavy (non-hydrogen) atoms. The van der Waals surface area contributed by atoms with Gasteiger partial charge in [0.15, 0.2) is 11.6 Å². The first-order chi connectivity index (χ1) is 14.0. The van der Waals surface area contributed by atoms with Gasteiger partial charge in [-0.05, 0) is 68.5 Å². The molecule has 150 valence electrons. The van der Waals surface area contributed by atoms with Crippen molar-refractivity contribution in [1.29, 1.82) is 0 Å². The highest BCUT2D eigenvalue weighted by Crippen LogP contribution is 2.25. The number of pyridine rings is 1. The van der Waals surface area contributed by atoms with Gasteiger partial charge in [-0.2, -0.15) is 0 Å². The Labute approximate surface area is 168 Å². The highest BCUT2D eigenvalue weighted by molar-refractivity contribution is 5.94. The Kier molecular flexibility index (Phi) is 5.43. The minimum Gasteiger partial charge on any atom is -0.367 e. The van der Waals surface area contributed by atoms with Crippen molar-refractivity contribution in [3.63, 3.8) is 0 Å². The minimum absolute atomic E-state index is 0.0277. The summed E-state index contributed by atoms with van der Waals surface area (Å²) in [5, 5.41) is 7.60. The summed E-state index contributed by atoms with van der Waals surface area (Å²) in [5.74, 6) is -1.46. The second-order valence-corrected chi connectivity index (χ2v) is 7.64. The van der Waals surface area contributed by atoms with Crippen molar-refractivity contribution in [2.45, 2.75) is 44.7 Å². The Balaban J connectivity index is 1.33. The normalized spacial score (nSPS) is 19.1. The molecular formula is C23H23F2N3O. The summed E-state index contributed by atoms with van der Waals surface area (Å²) in [7, 11) is 0. The topological polar surface area (TPSA) is 54.0 Å². The Morgan fingerprint density at radius 2 is 1.69 bits per heavy atom. The van der Waals surface area contributed by atoms with Gasteiger partial charge in [0.2, 0.25) is 0 Å². The van der Waals surface area contributed by atoms with E-state index in [2.05, 4.69) is 29.7 Å². The zero-order valence-electron chi connectivity index (χ0n) is 16.2. The number of hydrogen-bond acceptors (Lipinski definition) is 3. The molecule has 0 unspecified atom stereocenters. The quantitative estimate of drug-likeness (QED) is 0.655. The van der Waals surface area contributed by atoms with Crippen molar-refractivity contribution >= 4 is 22.6 Å². The smallest absolute Gasteiger partial charge is 0.251 e. The van der Waals surface area contributed by atoms with E-state index in [0.29, 0.717) is 6.04 Å². The number of rotatable bonds is 4. The minimum atomic E-state index is -1.01. The summed E-state index contributed by atoms with van der Waals surface area (Å²) in [6.07, 6.45) is 3.44. The van der Waals surface area contributed by atoms with E-state index in [4.69, 9.17) is 4.98 Å². The monoisotopic (exact) mass is 395 g/mol. The maximum atomic E-state index is 13.3. The lowest BCUT2D eigenvalue weighted by atomic mass is 9.91. The maximum Gasteiger partial charge on any atom is 0.251 e. The number of halogens is 2. The Bertz CT molecular complexity index is 1050. The fourth-order valence-corrected chi connectivity index (χ4v) is 3.92. The fourth-order valence-electron chi connectivity index (χ4n) is 3.92. The number of carbonyl (C=O) groups is 1. The van der Waals surface area contributed by atoms with Crippen molar-refractivity contribution in [3.8, 4) is 0 Å². The molecule has 1 fully saturated rings. The third-order valence-corrected chi connectivity index (χ3v) is 5.52. The molecule has 1 aliphatic carbocycles. The Morgan fingerprint density at radius 3 is 2.45 bits per heavy atom. The van der Waals surface area contributed by atoms with Crippen LogP contribution in [0.3, 0.4) is 0 Å². The lowest BCUT2D eigenvalue weighted by molar-refractivity contribution is 0.0926. The van der Waals surface area contributed by atoms with Crippen molar-refractivity contribution in [1.82, 2.24) is 10.3 Å². The molecule has 4 nitrogen and oxygen atoms in total. The van der Waals surface area contributed by atoms with Crippen LogP contribution in [0, 0.1) is 18.6 Å². The number of aryl methyl sites for hydroxylation is 1. The number of anilines is 1. The van der Waals surface area contributed by atoms with Crippen molar-refractivity contribution in [2.24, 2.45) is 0 Å². The van der Waals surface area contributed by atoms with Gasteiger partial charge in [-0.25, -0.2) is 13.8 Å². The number of nitrogens with zero attached hydrogens (tertiary/aromatic N) is 1. The molecule has 1 heterocycles. The molecule has 6 heteroatoms. The van der Waals surface area contributed by atoms with Gasteiger partial charge in [0.25, 0.3) is 5.91 Å². The molecule has 0 radical (unpaired) electrons. The molecule has 2 N–H and O–H groups in total. The van der Waals surface area contributed by atoms with Gasteiger partial charge in [-0.15, -0.1) is 0 Å². The Hall–Kier alpha value is -3.02. The number of fused-ring (bicyclic) bond motifs is 1. The van der Waals surface area contributed by atoms with Crippen molar-refractivity contribution in [2.75, 3.05) is 5.32 Å². The molecule has 2 aromatic carbocycles. The van der Waals surface area contributed by atoms with Crippen molar-refractivity contribution in [3.05, 3.63) is 71.3 Å². The lowest BCUT2D eigenvalue weighted by Gasteiger charge is -2.30. The number of benzene rings is 2. The average Bonchev–Trinajstić information content (AvgIpc) is 2.71. The summed E-state index contributed by atoms with van der Waals surface area (Å²) < 4.78 is 26.4. The van der Waals surface area contributed by atoms with Crippen LogP contribution in [0.15, 0.2) is 48.5 Å². The van der Waals surface area contributed by atoms with Crippen LogP contribution < -0.4 is 10.6 Å². The average molecular weight is 395 g/mol. The van der Waals surface area contributed by atoms with Crippen LogP contribution in [0.2, 0.25) is 0 Å². The molecule has 0 bridgehead atoms.